The molecule has 6 heteroatoms. The molecule has 2 heterocycles. The molecule has 0 aliphatic heterocycles. The fourth-order valence-corrected chi connectivity index (χ4v) is 4.32. The minimum Gasteiger partial charge on any atom is -0.493 e. The zero-order valence-corrected chi connectivity index (χ0v) is 16.6. The highest BCUT2D eigenvalue weighted by Crippen LogP contribution is 2.33. The highest BCUT2D eigenvalue weighted by Gasteiger charge is 2.13. The normalized spacial score (nSPS) is 12.0. The lowest BCUT2D eigenvalue weighted by atomic mass is 10.1. The average molecular weight is 392 g/mol. The van der Waals surface area contributed by atoms with E-state index < -0.39 is 0 Å². The van der Waals surface area contributed by atoms with Crippen molar-refractivity contribution in [3.05, 3.63) is 75.1 Å². The van der Waals surface area contributed by atoms with Gasteiger partial charge in [-0.2, -0.15) is 0 Å². The Hall–Kier alpha value is -3.12. The van der Waals surface area contributed by atoms with Crippen molar-refractivity contribution in [3.8, 4) is 11.5 Å². The molecule has 0 aliphatic carbocycles. The van der Waals surface area contributed by atoms with Gasteiger partial charge >= 0.3 is 0 Å². The maximum atomic E-state index is 13.0. The zero-order valence-electron chi connectivity index (χ0n) is 15.8. The average Bonchev–Trinajstić information content (AvgIpc) is 3.19. The Balaban J connectivity index is 1.92. The molecule has 0 bridgehead atoms. The summed E-state index contributed by atoms with van der Waals surface area (Å²) in [6, 6.07) is 11.6. The molecule has 0 aliphatic rings. The molecule has 0 N–H and O–H groups in total. The van der Waals surface area contributed by atoms with Gasteiger partial charge in [0.2, 0.25) is 0 Å². The molecular formula is C22H20N2O3S. The van der Waals surface area contributed by atoms with Gasteiger partial charge in [-0.1, -0.05) is 29.5 Å². The van der Waals surface area contributed by atoms with Gasteiger partial charge in [0.25, 0.3) is 5.56 Å². The van der Waals surface area contributed by atoms with Crippen LogP contribution >= 0.6 is 11.3 Å². The summed E-state index contributed by atoms with van der Waals surface area (Å²) in [5, 5.41) is 0. The van der Waals surface area contributed by atoms with E-state index in [0.29, 0.717) is 34.0 Å². The first-order chi connectivity index (χ1) is 13.7. The highest BCUT2D eigenvalue weighted by atomic mass is 32.1. The summed E-state index contributed by atoms with van der Waals surface area (Å²) >= 11 is 1.38. The minimum atomic E-state index is -0.0623. The summed E-state index contributed by atoms with van der Waals surface area (Å²) in [5.41, 5.74) is 3.44. The quantitative estimate of drug-likeness (QED) is 0.471. The molecular weight excluding hydrogens is 372 g/mol. The van der Waals surface area contributed by atoms with Gasteiger partial charge in [0.15, 0.2) is 16.5 Å². The van der Waals surface area contributed by atoms with Crippen LogP contribution in [0.3, 0.4) is 0 Å². The summed E-state index contributed by atoms with van der Waals surface area (Å²) in [7, 11) is 1.63. The number of para-hydroxylation sites is 2. The molecule has 0 radical (unpaired) electrons. The van der Waals surface area contributed by atoms with Crippen LogP contribution in [-0.2, 0) is 6.42 Å². The first-order valence-electron chi connectivity index (χ1n) is 9.02. The second kappa shape index (κ2) is 7.48. The molecule has 4 aromatic rings. The number of imidazole rings is 1. The van der Waals surface area contributed by atoms with Gasteiger partial charge in [-0.15, -0.1) is 6.58 Å². The highest BCUT2D eigenvalue weighted by molar-refractivity contribution is 7.15. The molecule has 4 rings (SSSR count). The van der Waals surface area contributed by atoms with Crippen LogP contribution < -0.4 is 19.6 Å². The molecule has 5 nitrogen and oxygen atoms in total. The fourth-order valence-electron chi connectivity index (χ4n) is 3.33. The monoisotopic (exact) mass is 392 g/mol. The van der Waals surface area contributed by atoms with Crippen molar-refractivity contribution in [1.82, 2.24) is 9.38 Å². The fraction of sp³-hybridized carbons (Fsp3) is 0.182. The topological polar surface area (TPSA) is 52.8 Å². The molecule has 0 atom stereocenters. The molecule has 0 saturated heterocycles. The Morgan fingerprint density at radius 2 is 2.11 bits per heavy atom. The van der Waals surface area contributed by atoms with Gasteiger partial charge in [0.1, 0.15) is 0 Å². The van der Waals surface area contributed by atoms with Crippen molar-refractivity contribution in [2.24, 2.45) is 0 Å². The van der Waals surface area contributed by atoms with E-state index in [4.69, 9.17) is 9.47 Å². The zero-order chi connectivity index (χ0) is 19.7. The van der Waals surface area contributed by atoms with Crippen LogP contribution in [0.4, 0.5) is 0 Å². The maximum absolute atomic E-state index is 13.0. The van der Waals surface area contributed by atoms with Crippen LogP contribution in [0.25, 0.3) is 22.1 Å². The van der Waals surface area contributed by atoms with E-state index in [0.717, 1.165) is 22.2 Å². The summed E-state index contributed by atoms with van der Waals surface area (Å²) < 4.78 is 13.6. The second-order valence-electron chi connectivity index (χ2n) is 6.27. The number of rotatable bonds is 6. The Labute approximate surface area is 166 Å². The summed E-state index contributed by atoms with van der Waals surface area (Å²) in [6.45, 7) is 6.27. The third-order valence-corrected chi connectivity index (χ3v) is 5.43. The second-order valence-corrected chi connectivity index (χ2v) is 7.28. The lowest BCUT2D eigenvalue weighted by molar-refractivity contribution is 0.309. The van der Waals surface area contributed by atoms with Crippen molar-refractivity contribution >= 4 is 33.4 Å². The van der Waals surface area contributed by atoms with Crippen LogP contribution in [0, 0.1) is 0 Å². The lowest BCUT2D eigenvalue weighted by Gasteiger charge is -2.14. The number of allylic oxidation sites excluding steroid dienone is 1. The minimum absolute atomic E-state index is 0.0623. The Bertz CT molecular complexity index is 1290. The number of methoxy groups -OCH3 is 1. The van der Waals surface area contributed by atoms with E-state index in [-0.39, 0.29) is 5.56 Å². The first kappa shape index (κ1) is 18.3. The predicted octanol–water partition coefficient (Wildman–Crippen LogP) is 3.59. The molecule has 0 fully saturated rings. The molecule has 0 saturated carbocycles. The number of aromatic nitrogens is 2. The lowest BCUT2D eigenvalue weighted by Crippen LogP contribution is -2.22. The number of hydrogen-bond donors (Lipinski definition) is 0. The van der Waals surface area contributed by atoms with E-state index in [1.165, 1.54) is 11.3 Å². The molecule has 0 amide bonds. The van der Waals surface area contributed by atoms with Gasteiger partial charge in [0.05, 0.1) is 29.3 Å². The standard InChI is InChI=1S/C22H20N2O3S/c1-4-8-15-11-14(12-18(27-5-2)20(15)26-3)13-19-21(25)24-17-10-7-6-9-16(17)23-22(24)28-19/h4,6-7,9-13H,1,5,8H2,2-3H3. The van der Waals surface area contributed by atoms with Gasteiger partial charge in [0, 0.05) is 5.56 Å². The van der Waals surface area contributed by atoms with Crippen molar-refractivity contribution in [3.63, 3.8) is 0 Å². The van der Waals surface area contributed by atoms with E-state index >= 15 is 0 Å². The van der Waals surface area contributed by atoms with Gasteiger partial charge in [-0.05, 0) is 49.2 Å². The summed E-state index contributed by atoms with van der Waals surface area (Å²) in [6.07, 6.45) is 4.35. The van der Waals surface area contributed by atoms with Gasteiger partial charge < -0.3 is 9.47 Å². The Morgan fingerprint density at radius 3 is 2.86 bits per heavy atom. The molecule has 2 aromatic carbocycles. The van der Waals surface area contributed by atoms with Crippen molar-refractivity contribution in [1.29, 1.82) is 0 Å². The first-order valence-corrected chi connectivity index (χ1v) is 9.84. The third kappa shape index (κ3) is 3.05. The van der Waals surface area contributed by atoms with Crippen molar-refractivity contribution in [2.45, 2.75) is 13.3 Å². The SMILES string of the molecule is C=CCc1cc(C=c2sc3nc4ccccc4n3c2=O)cc(OCC)c1OC. The van der Waals surface area contributed by atoms with E-state index in [2.05, 4.69) is 11.6 Å². The molecule has 0 spiro atoms. The largest absolute Gasteiger partial charge is 0.493 e. The van der Waals surface area contributed by atoms with Crippen LogP contribution in [0.1, 0.15) is 18.1 Å². The number of thiazole rings is 1. The number of ether oxygens (including phenoxy) is 2. The molecule has 0 unspecified atom stereocenters. The van der Waals surface area contributed by atoms with Gasteiger partial charge in [-0.25, -0.2) is 9.38 Å². The number of fused-ring (bicyclic) bond motifs is 3. The van der Waals surface area contributed by atoms with Crippen LogP contribution in [0.2, 0.25) is 0 Å². The Morgan fingerprint density at radius 1 is 1.29 bits per heavy atom. The molecule has 142 valence electrons. The van der Waals surface area contributed by atoms with Crippen LogP contribution in [-0.4, -0.2) is 23.1 Å². The third-order valence-electron chi connectivity index (χ3n) is 4.47. The smallest absolute Gasteiger partial charge is 0.274 e. The van der Waals surface area contributed by atoms with Crippen molar-refractivity contribution in [2.75, 3.05) is 13.7 Å². The maximum Gasteiger partial charge on any atom is 0.274 e. The summed E-state index contributed by atoms with van der Waals surface area (Å²) in [5.74, 6) is 1.36. The van der Waals surface area contributed by atoms with Crippen LogP contribution in [0.5, 0.6) is 11.5 Å². The number of hydrogen-bond acceptors (Lipinski definition) is 5. The number of benzene rings is 2. The van der Waals surface area contributed by atoms with E-state index in [1.807, 2.05) is 55.5 Å². The molecule has 28 heavy (non-hydrogen) atoms. The number of nitrogens with zero attached hydrogens (tertiary/aromatic N) is 2. The van der Waals surface area contributed by atoms with Crippen molar-refractivity contribution < 1.29 is 9.47 Å². The van der Waals surface area contributed by atoms with E-state index in [9.17, 15) is 4.79 Å². The van der Waals surface area contributed by atoms with E-state index in [1.54, 1.807) is 11.5 Å². The summed E-state index contributed by atoms with van der Waals surface area (Å²) in [4.78, 5) is 18.2. The predicted molar refractivity (Wildman–Crippen MR) is 114 cm³/mol. The molecule has 2 aromatic heterocycles. The Kier molecular flexibility index (Phi) is 4.88. The van der Waals surface area contributed by atoms with Gasteiger partial charge in [-0.3, -0.25) is 4.79 Å². The van der Waals surface area contributed by atoms with Crippen LogP contribution in [0.15, 0.2) is 53.8 Å².